The quantitative estimate of drug-likeness (QED) is 0.799. The van der Waals surface area contributed by atoms with E-state index in [1.807, 2.05) is 12.1 Å². The van der Waals surface area contributed by atoms with Gasteiger partial charge in [-0.05, 0) is 29.2 Å². The maximum Gasteiger partial charge on any atom is 0.0424 e. The molecule has 15 heavy (non-hydrogen) atoms. The molecule has 1 aromatic rings. The molecule has 1 nitrogen and oxygen atoms in total. The average Bonchev–Trinajstić information content (AvgIpc) is 1.99. The number of halogens is 3. The summed E-state index contributed by atoms with van der Waals surface area (Å²) >= 11 is 11.8. The molecule has 1 rings (SSSR count). The van der Waals surface area contributed by atoms with Gasteiger partial charge in [-0.2, -0.15) is 0 Å². The highest BCUT2D eigenvalue weighted by atomic mass is 35.5. The summed E-state index contributed by atoms with van der Waals surface area (Å²) in [6.07, 6.45) is 0. The number of hydrogen-bond donors (Lipinski definition) is 1. The SMILES string of the molecule is CC(C)(C)[C@H](N)c1cc(Cl)cc(Cl)c1.Cl. The molecular weight excluding hydrogens is 252 g/mol. The van der Waals surface area contributed by atoms with Crippen molar-refractivity contribution in [3.63, 3.8) is 0 Å². The zero-order chi connectivity index (χ0) is 10.9. The lowest BCUT2D eigenvalue weighted by atomic mass is 9.83. The van der Waals surface area contributed by atoms with Crippen molar-refractivity contribution in [3.8, 4) is 0 Å². The Morgan fingerprint density at radius 3 is 1.80 bits per heavy atom. The van der Waals surface area contributed by atoms with E-state index >= 15 is 0 Å². The third kappa shape index (κ3) is 4.20. The summed E-state index contributed by atoms with van der Waals surface area (Å²) in [5.41, 5.74) is 7.08. The molecule has 0 radical (unpaired) electrons. The molecule has 0 aliphatic rings. The lowest BCUT2D eigenvalue weighted by Crippen LogP contribution is -2.26. The van der Waals surface area contributed by atoms with Gasteiger partial charge in [0.2, 0.25) is 0 Å². The maximum absolute atomic E-state index is 6.09. The summed E-state index contributed by atoms with van der Waals surface area (Å²) < 4.78 is 0. The van der Waals surface area contributed by atoms with Gasteiger partial charge < -0.3 is 5.73 Å². The van der Waals surface area contributed by atoms with Gasteiger partial charge in [0.1, 0.15) is 0 Å². The van der Waals surface area contributed by atoms with E-state index in [0.29, 0.717) is 10.0 Å². The Morgan fingerprint density at radius 1 is 1.07 bits per heavy atom. The van der Waals surface area contributed by atoms with Crippen LogP contribution in [0, 0.1) is 5.41 Å². The van der Waals surface area contributed by atoms with E-state index in [4.69, 9.17) is 28.9 Å². The largest absolute Gasteiger partial charge is 0.324 e. The molecule has 0 saturated carbocycles. The van der Waals surface area contributed by atoms with Crippen molar-refractivity contribution >= 4 is 35.6 Å². The molecule has 0 spiro atoms. The van der Waals surface area contributed by atoms with Crippen LogP contribution in [0.2, 0.25) is 10.0 Å². The summed E-state index contributed by atoms with van der Waals surface area (Å²) in [4.78, 5) is 0. The van der Waals surface area contributed by atoms with Crippen molar-refractivity contribution in [2.45, 2.75) is 26.8 Å². The summed E-state index contributed by atoms with van der Waals surface area (Å²) in [6.45, 7) is 6.27. The Kier molecular flexibility index (Phi) is 5.42. The first-order chi connectivity index (χ1) is 6.30. The number of rotatable bonds is 1. The van der Waals surface area contributed by atoms with Gasteiger partial charge in [0.15, 0.2) is 0 Å². The van der Waals surface area contributed by atoms with Gasteiger partial charge in [-0.1, -0.05) is 44.0 Å². The van der Waals surface area contributed by atoms with Crippen LogP contribution in [0.25, 0.3) is 0 Å². The lowest BCUT2D eigenvalue weighted by molar-refractivity contribution is 0.327. The second kappa shape index (κ2) is 5.40. The molecule has 1 atom stereocenters. The second-order valence-corrected chi connectivity index (χ2v) is 5.42. The maximum atomic E-state index is 6.09. The minimum atomic E-state index is -0.0568. The molecule has 0 bridgehead atoms. The topological polar surface area (TPSA) is 26.0 Å². The highest BCUT2D eigenvalue weighted by Gasteiger charge is 2.22. The van der Waals surface area contributed by atoms with Gasteiger partial charge in [-0.15, -0.1) is 12.4 Å². The van der Waals surface area contributed by atoms with Crippen LogP contribution in [0.1, 0.15) is 32.4 Å². The molecule has 0 saturated heterocycles. The molecule has 1 aromatic carbocycles. The van der Waals surface area contributed by atoms with E-state index in [9.17, 15) is 0 Å². The van der Waals surface area contributed by atoms with E-state index < -0.39 is 0 Å². The Morgan fingerprint density at radius 2 is 1.47 bits per heavy atom. The standard InChI is InChI=1S/C11H15Cl2N.ClH/c1-11(2,3)10(14)7-4-8(12)6-9(13)5-7;/h4-6,10H,14H2,1-3H3;1H/t10-;/m1./s1. The predicted molar refractivity (Wildman–Crippen MR) is 70.1 cm³/mol. The number of benzene rings is 1. The van der Waals surface area contributed by atoms with Crippen molar-refractivity contribution in [1.82, 2.24) is 0 Å². The monoisotopic (exact) mass is 267 g/mol. The molecule has 0 amide bonds. The first kappa shape index (κ1) is 15.0. The fourth-order valence-electron chi connectivity index (χ4n) is 1.25. The van der Waals surface area contributed by atoms with E-state index in [2.05, 4.69) is 20.8 Å². The zero-order valence-electron chi connectivity index (χ0n) is 9.05. The van der Waals surface area contributed by atoms with Crippen molar-refractivity contribution < 1.29 is 0 Å². The fraction of sp³-hybridized carbons (Fsp3) is 0.455. The number of nitrogens with two attached hydrogens (primary N) is 1. The summed E-state index contributed by atoms with van der Waals surface area (Å²) in [5, 5.41) is 1.26. The molecule has 2 N–H and O–H groups in total. The Hall–Kier alpha value is 0.0500. The summed E-state index contributed by atoms with van der Waals surface area (Å²) in [7, 11) is 0. The van der Waals surface area contributed by atoms with E-state index in [1.54, 1.807) is 6.07 Å². The van der Waals surface area contributed by atoms with Gasteiger partial charge in [-0.3, -0.25) is 0 Å². The molecule has 0 fully saturated rings. The second-order valence-electron chi connectivity index (χ2n) is 4.55. The molecule has 0 aliphatic heterocycles. The smallest absolute Gasteiger partial charge is 0.0424 e. The van der Waals surface area contributed by atoms with Crippen LogP contribution >= 0.6 is 35.6 Å². The van der Waals surface area contributed by atoms with E-state index in [1.165, 1.54) is 0 Å². The zero-order valence-corrected chi connectivity index (χ0v) is 11.4. The average molecular weight is 269 g/mol. The van der Waals surface area contributed by atoms with Crippen LogP contribution in [0.3, 0.4) is 0 Å². The lowest BCUT2D eigenvalue weighted by Gasteiger charge is -2.27. The normalized spacial score (nSPS) is 13.2. The predicted octanol–water partition coefficient (Wildman–Crippen LogP) is 4.46. The minimum absolute atomic E-state index is 0. The van der Waals surface area contributed by atoms with Gasteiger partial charge in [-0.25, -0.2) is 0 Å². The van der Waals surface area contributed by atoms with Gasteiger partial charge in [0.05, 0.1) is 0 Å². The Bertz CT molecular complexity index is 311. The Balaban J connectivity index is 0.00000196. The van der Waals surface area contributed by atoms with Crippen molar-refractivity contribution in [3.05, 3.63) is 33.8 Å². The number of hydrogen-bond acceptors (Lipinski definition) is 1. The van der Waals surface area contributed by atoms with E-state index in [0.717, 1.165) is 5.56 Å². The summed E-state index contributed by atoms with van der Waals surface area (Å²) in [5.74, 6) is 0. The van der Waals surface area contributed by atoms with Crippen LogP contribution in [0.5, 0.6) is 0 Å². The highest BCUT2D eigenvalue weighted by molar-refractivity contribution is 6.34. The fourth-order valence-corrected chi connectivity index (χ4v) is 1.80. The van der Waals surface area contributed by atoms with Crippen molar-refractivity contribution in [2.75, 3.05) is 0 Å². The third-order valence-electron chi connectivity index (χ3n) is 2.18. The van der Waals surface area contributed by atoms with Crippen LogP contribution in [-0.4, -0.2) is 0 Å². The first-order valence-electron chi connectivity index (χ1n) is 4.52. The highest BCUT2D eigenvalue weighted by Crippen LogP contribution is 2.33. The summed E-state index contributed by atoms with van der Waals surface area (Å²) in [6, 6.07) is 5.38. The molecule has 0 heterocycles. The van der Waals surface area contributed by atoms with Crippen LogP contribution in [0.15, 0.2) is 18.2 Å². The van der Waals surface area contributed by atoms with Crippen LogP contribution in [-0.2, 0) is 0 Å². The third-order valence-corrected chi connectivity index (χ3v) is 2.61. The molecule has 86 valence electrons. The Labute approximate surface area is 107 Å². The van der Waals surface area contributed by atoms with Gasteiger partial charge >= 0.3 is 0 Å². The minimum Gasteiger partial charge on any atom is -0.324 e. The van der Waals surface area contributed by atoms with E-state index in [-0.39, 0.29) is 23.9 Å². The van der Waals surface area contributed by atoms with Crippen molar-refractivity contribution in [1.29, 1.82) is 0 Å². The molecule has 0 aliphatic carbocycles. The molecular formula is C11H16Cl3N. The van der Waals surface area contributed by atoms with Gasteiger partial charge in [0, 0.05) is 16.1 Å². The molecule has 0 unspecified atom stereocenters. The molecule has 0 aromatic heterocycles. The first-order valence-corrected chi connectivity index (χ1v) is 5.28. The van der Waals surface area contributed by atoms with Gasteiger partial charge in [0.25, 0.3) is 0 Å². The molecule has 4 heteroatoms. The van der Waals surface area contributed by atoms with Crippen molar-refractivity contribution in [2.24, 2.45) is 11.1 Å². The van der Waals surface area contributed by atoms with Crippen LogP contribution < -0.4 is 5.73 Å². The van der Waals surface area contributed by atoms with Crippen LogP contribution in [0.4, 0.5) is 0 Å².